The van der Waals surface area contributed by atoms with Crippen molar-refractivity contribution >= 4 is 5.97 Å². The van der Waals surface area contributed by atoms with Gasteiger partial charge in [0.2, 0.25) is 0 Å². The molecule has 0 saturated heterocycles. The van der Waals surface area contributed by atoms with Gasteiger partial charge in [-0.2, -0.15) is 0 Å². The maximum atomic E-state index is 10.9. The van der Waals surface area contributed by atoms with Crippen molar-refractivity contribution in [3.05, 3.63) is 0 Å². The van der Waals surface area contributed by atoms with Crippen LogP contribution < -0.4 is 0 Å². The third kappa shape index (κ3) is 4.10. The van der Waals surface area contributed by atoms with E-state index >= 15 is 0 Å². The Hall–Kier alpha value is -0.610. The minimum atomic E-state index is -0.930. The van der Waals surface area contributed by atoms with Crippen molar-refractivity contribution in [2.75, 3.05) is 13.7 Å². The van der Waals surface area contributed by atoms with Crippen LogP contribution in [0.1, 0.15) is 39.0 Å². The molecular weight excluding hydrogens is 208 g/mol. The smallest absolute Gasteiger partial charge is 0.335 e. The summed E-state index contributed by atoms with van der Waals surface area (Å²) in [6.45, 7) is 2.31. The number of carboxylic acid groups (broad SMARTS) is 1. The van der Waals surface area contributed by atoms with E-state index in [2.05, 4.69) is 6.92 Å². The summed E-state index contributed by atoms with van der Waals surface area (Å²) in [4.78, 5) is 10.9. The van der Waals surface area contributed by atoms with Crippen LogP contribution >= 0.6 is 0 Å². The van der Waals surface area contributed by atoms with Crippen LogP contribution in [-0.2, 0) is 14.3 Å². The number of ether oxygens (including phenoxy) is 2. The van der Waals surface area contributed by atoms with Gasteiger partial charge in [-0.05, 0) is 18.8 Å². The Bertz CT molecular complexity index is 217. The van der Waals surface area contributed by atoms with E-state index in [0.29, 0.717) is 5.92 Å². The summed E-state index contributed by atoms with van der Waals surface area (Å²) in [7, 11) is 1.50. The van der Waals surface area contributed by atoms with Crippen LogP contribution in [0.2, 0.25) is 0 Å². The largest absolute Gasteiger partial charge is 0.479 e. The molecule has 1 aliphatic rings. The van der Waals surface area contributed by atoms with E-state index in [9.17, 15) is 4.79 Å². The van der Waals surface area contributed by atoms with Gasteiger partial charge in [0.25, 0.3) is 0 Å². The molecule has 0 amide bonds. The van der Waals surface area contributed by atoms with Crippen LogP contribution in [0.4, 0.5) is 0 Å². The molecule has 3 atom stereocenters. The molecule has 0 aromatic heterocycles. The van der Waals surface area contributed by atoms with E-state index in [1.807, 2.05) is 0 Å². The lowest BCUT2D eigenvalue weighted by molar-refractivity contribution is -0.160. The van der Waals surface area contributed by atoms with Gasteiger partial charge in [-0.25, -0.2) is 4.79 Å². The monoisotopic (exact) mass is 230 g/mol. The van der Waals surface area contributed by atoms with E-state index < -0.39 is 12.1 Å². The molecule has 4 nitrogen and oxygen atoms in total. The van der Waals surface area contributed by atoms with Gasteiger partial charge in [0.05, 0.1) is 12.7 Å². The summed E-state index contributed by atoms with van der Waals surface area (Å²) in [6, 6.07) is 0. The molecule has 4 heteroatoms. The second kappa shape index (κ2) is 6.86. The van der Waals surface area contributed by atoms with E-state index in [-0.39, 0.29) is 12.7 Å². The Balaban J connectivity index is 2.41. The third-order valence-electron chi connectivity index (χ3n) is 3.26. The molecule has 94 valence electrons. The van der Waals surface area contributed by atoms with Crippen LogP contribution in [0.3, 0.4) is 0 Å². The fourth-order valence-corrected chi connectivity index (χ4v) is 2.29. The minimum absolute atomic E-state index is 0.0925. The van der Waals surface area contributed by atoms with Gasteiger partial charge >= 0.3 is 5.97 Å². The molecule has 16 heavy (non-hydrogen) atoms. The van der Waals surface area contributed by atoms with E-state index in [1.54, 1.807) is 0 Å². The van der Waals surface area contributed by atoms with Crippen LogP contribution in [0.5, 0.6) is 0 Å². The van der Waals surface area contributed by atoms with Crippen LogP contribution in [0.25, 0.3) is 0 Å². The van der Waals surface area contributed by atoms with Crippen molar-refractivity contribution < 1.29 is 19.4 Å². The van der Waals surface area contributed by atoms with Crippen molar-refractivity contribution in [1.29, 1.82) is 0 Å². The molecule has 1 saturated carbocycles. The van der Waals surface area contributed by atoms with E-state index in [4.69, 9.17) is 14.6 Å². The predicted octanol–water partition coefficient (Wildman–Crippen LogP) is 2.07. The molecule has 0 aromatic rings. The zero-order valence-corrected chi connectivity index (χ0v) is 10.1. The summed E-state index contributed by atoms with van der Waals surface area (Å²) in [5.41, 5.74) is 0. The molecule has 0 aromatic carbocycles. The van der Waals surface area contributed by atoms with Gasteiger partial charge < -0.3 is 14.6 Å². The SMILES string of the molecule is CCC1CCCC(OC(COC)C(=O)O)C1. The highest BCUT2D eigenvalue weighted by Crippen LogP contribution is 2.29. The molecule has 0 radical (unpaired) electrons. The van der Waals surface area contributed by atoms with E-state index in [0.717, 1.165) is 25.7 Å². The summed E-state index contributed by atoms with van der Waals surface area (Å²) in [5.74, 6) is -0.240. The molecule has 1 rings (SSSR count). The second-order valence-corrected chi connectivity index (χ2v) is 4.48. The molecular formula is C12H22O4. The number of hydrogen-bond donors (Lipinski definition) is 1. The number of hydrogen-bond acceptors (Lipinski definition) is 3. The third-order valence-corrected chi connectivity index (χ3v) is 3.26. The lowest BCUT2D eigenvalue weighted by atomic mass is 9.85. The van der Waals surface area contributed by atoms with Crippen LogP contribution in [-0.4, -0.2) is 37.0 Å². The maximum Gasteiger partial charge on any atom is 0.335 e. The Kier molecular flexibility index (Phi) is 5.77. The minimum Gasteiger partial charge on any atom is -0.479 e. The molecule has 0 heterocycles. The highest BCUT2D eigenvalue weighted by molar-refractivity contribution is 5.72. The van der Waals surface area contributed by atoms with Crippen molar-refractivity contribution in [1.82, 2.24) is 0 Å². The standard InChI is InChI=1S/C12H22O4/c1-3-9-5-4-6-10(7-9)16-11(8-15-2)12(13)14/h9-11H,3-8H2,1-2H3,(H,13,14). The molecule has 0 aliphatic heterocycles. The van der Waals surface area contributed by atoms with Gasteiger partial charge in [0.15, 0.2) is 6.10 Å². The highest BCUT2D eigenvalue weighted by Gasteiger charge is 2.27. The first-order valence-electron chi connectivity index (χ1n) is 6.04. The Labute approximate surface area is 96.9 Å². The Morgan fingerprint density at radius 3 is 2.81 bits per heavy atom. The van der Waals surface area contributed by atoms with Gasteiger partial charge in [0, 0.05) is 7.11 Å². The number of methoxy groups -OCH3 is 1. The maximum absolute atomic E-state index is 10.9. The fraction of sp³-hybridized carbons (Fsp3) is 0.917. The van der Waals surface area contributed by atoms with Crippen molar-refractivity contribution in [2.24, 2.45) is 5.92 Å². The van der Waals surface area contributed by atoms with Crippen molar-refractivity contribution in [3.63, 3.8) is 0 Å². The summed E-state index contributed by atoms with van der Waals surface area (Å²) >= 11 is 0. The molecule has 0 bridgehead atoms. The van der Waals surface area contributed by atoms with Crippen molar-refractivity contribution in [3.8, 4) is 0 Å². The second-order valence-electron chi connectivity index (χ2n) is 4.48. The van der Waals surface area contributed by atoms with E-state index in [1.165, 1.54) is 13.5 Å². The van der Waals surface area contributed by atoms with Crippen LogP contribution in [0.15, 0.2) is 0 Å². The first kappa shape index (κ1) is 13.5. The first-order valence-corrected chi connectivity index (χ1v) is 6.04. The fourth-order valence-electron chi connectivity index (χ4n) is 2.29. The molecule has 3 unspecified atom stereocenters. The Morgan fingerprint density at radius 2 is 2.25 bits per heavy atom. The average molecular weight is 230 g/mol. The summed E-state index contributed by atoms with van der Waals surface area (Å²) < 4.78 is 10.5. The van der Waals surface area contributed by atoms with Crippen molar-refractivity contribution in [2.45, 2.75) is 51.2 Å². The quantitative estimate of drug-likeness (QED) is 0.759. The van der Waals surface area contributed by atoms with Gasteiger partial charge in [-0.15, -0.1) is 0 Å². The normalized spacial score (nSPS) is 27.6. The number of rotatable bonds is 6. The van der Waals surface area contributed by atoms with Gasteiger partial charge in [-0.1, -0.05) is 26.2 Å². The topological polar surface area (TPSA) is 55.8 Å². The molecule has 1 N–H and O–H groups in total. The average Bonchev–Trinajstić information content (AvgIpc) is 2.28. The lowest BCUT2D eigenvalue weighted by Crippen LogP contribution is -2.35. The zero-order chi connectivity index (χ0) is 12.0. The lowest BCUT2D eigenvalue weighted by Gasteiger charge is -2.30. The van der Waals surface area contributed by atoms with Gasteiger partial charge in [-0.3, -0.25) is 0 Å². The number of aliphatic carboxylic acids is 1. The molecule has 1 fully saturated rings. The molecule has 1 aliphatic carbocycles. The van der Waals surface area contributed by atoms with Crippen LogP contribution in [0, 0.1) is 5.92 Å². The molecule has 0 spiro atoms. The number of carboxylic acids is 1. The number of carbonyl (C=O) groups is 1. The highest BCUT2D eigenvalue weighted by atomic mass is 16.6. The predicted molar refractivity (Wildman–Crippen MR) is 60.4 cm³/mol. The Morgan fingerprint density at radius 1 is 1.50 bits per heavy atom. The zero-order valence-electron chi connectivity index (χ0n) is 10.1. The van der Waals surface area contributed by atoms with Gasteiger partial charge in [0.1, 0.15) is 0 Å². The summed E-state index contributed by atoms with van der Waals surface area (Å²) in [5, 5.41) is 8.95. The summed E-state index contributed by atoms with van der Waals surface area (Å²) in [6.07, 6.45) is 4.79. The first-order chi connectivity index (χ1) is 7.67.